The number of thioether (sulfide) groups is 1. The number of hydrogen-bond acceptors (Lipinski definition) is 4. The normalized spacial score (nSPS) is 10.7. The van der Waals surface area contributed by atoms with E-state index in [1.807, 2.05) is 11.8 Å². The lowest BCUT2D eigenvalue weighted by atomic mass is 10.1. The molecule has 0 aliphatic carbocycles. The molecule has 1 aromatic rings. The van der Waals surface area contributed by atoms with Crippen LogP contribution in [0.15, 0.2) is 18.2 Å². The molecule has 0 unspecified atom stereocenters. The Kier molecular flexibility index (Phi) is 8.65. The highest BCUT2D eigenvalue weighted by Gasteiger charge is 2.13. The number of rotatable bonds is 10. The number of nitro benzene ring substituents is 1. The quantitative estimate of drug-likeness (QED) is 0.398. The van der Waals surface area contributed by atoms with Gasteiger partial charge in [0.05, 0.1) is 4.92 Å². The van der Waals surface area contributed by atoms with Crippen molar-refractivity contribution >= 4 is 29.1 Å². The molecule has 0 radical (unpaired) electrons. The van der Waals surface area contributed by atoms with Crippen LogP contribution in [-0.4, -0.2) is 23.5 Å². The van der Waals surface area contributed by atoms with Gasteiger partial charge < -0.3 is 5.32 Å². The van der Waals surface area contributed by atoms with Crippen LogP contribution in [0.1, 0.15) is 31.2 Å². The molecule has 112 valence electrons. The highest BCUT2D eigenvalue weighted by atomic mass is 35.5. The second-order valence-electron chi connectivity index (χ2n) is 4.61. The summed E-state index contributed by atoms with van der Waals surface area (Å²) in [5.74, 6) is 1.23. The first-order valence-corrected chi connectivity index (χ1v) is 8.55. The average molecular weight is 317 g/mol. The van der Waals surface area contributed by atoms with Gasteiger partial charge >= 0.3 is 0 Å². The van der Waals surface area contributed by atoms with Gasteiger partial charge in [0.15, 0.2) is 0 Å². The number of halogens is 1. The molecule has 20 heavy (non-hydrogen) atoms. The molecule has 0 amide bonds. The van der Waals surface area contributed by atoms with Gasteiger partial charge in [0.25, 0.3) is 5.69 Å². The van der Waals surface area contributed by atoms with Gasteiger partial charge in [-0.25, -0.2) is 0 Å². The molecule has 1 rings (SSSR count). The van der Waals surface area contributed by atoms with Crippen molar-refractivity contribution in [2.24, 2.45) is 0 Å². The third-order valence-electron chi connectivity index (χ3n) is 3.01. The Bertz CT molecular complexity index is 430. The van der Waals surface area contributed by atoms with Gasteiger partial charge in [-0.15, -0.1) is 0 Å². The minimum Gasteiger partial charge on any atom is -0.312 e. The summed E-state index contributed by atoms with van der Waals surface area (Å²) in [6, 6.07) is 4.81. The lowest BCUT2D eigenvalue weighted by Gasteiger charge is -2.06. The van der Waals surface area contributed by atoms with Crippen molar-refractivity contribution in [1.82, 2.24) is 5.32 Å². The zero-order valence-electron chi connectivity index (χ0n) is 11.7. The summed E-state index contributed by atoms with van der Waals surface area (Å²) in [7, 11) is 0. The number of nitro groups is 1. The third kappa shape index (κ3) is 6.59. The number of nitrogens with zero attached hydrogens (tertiary/aromatic N) is 1. The van der Waals surface area contributed by atoms with Gasteiger partial charge in [0.2, 0.25) is 0 Å². The van der Waals surface area contributed by atoms with Crippen LogP contribution in [-0.2, 0) is 6.54 Å². The summed E-state index contributed by atoms with van der Waals surface area (Å²) < 4.78 is 0. The molecular weight excluding hydrogens is 296 g/mol. The van der Waals surface area contributed by atoms with Crippen LogP contribution in [0.5, 0.6) is 0 Å². The topological polar surface area (TPSA) is 55.2 Å². The molecular formula is C14H21ClN2O2S. The summed E-state index contributed by atoms with van der Waals surface area (Å²) in [5.41, 5.74) is 0.770. The molecule has 0 heterocycles. The average Bonchev–Trinajstić information content (AvgIpc) is 2.43. The molecule has 0 aliphatic heterocycles. The molecule has 0 fully saturated rings. The molecule has 0 spiro atoms. The maximum atomic E-state index is 10.9. The van der Waals surface area contributed by atoms with E-state index in [4.69, 9.17) is 11.6 Å². The second kappa shape index (κ2) is 10.0. The van der Waals surface area contributed by atoms with E-state index >= 15 is 0 Å². The maximum absolute atomic E-state index is 10.9. The highest BCUT2D eigenvalue weighted by molar-refractivity contribution is 7.98. The fraction of sp³-hybridized carbons (Fsp3) is 0.571. The van der Waals surface area contributed by atoms with Gasteiger partial charge in [-0.2, -0.15) is 11.8 Å². The van der Waals surface area contributed by atoms with Gasteiger partial charge in [0, 0.05) is 23.2 Å². The van der Waals surface area contributed by atoms with Crippen LogP contribution in [0, 0.1) is 10.1 Å². The standard InChI is InChI=1S/C14H21ClN2O2S/c1-20-9-5-3-2-4-8-16-11-12-6-7-13(15)10-14(12)17(18)19/h6-7,10,16H,2-5,8-9,11H2,1H3. The first-order valence-electron chi connectivity index (χ1n) is 6.77. The van der Waals surface area contributed by atoms with Crippen LogP contribution in [0.25, 0.3) is 0 Å². The first kappa shape index (κ1) is 17.3. The molecule has 0 aromatic heterocycles. The van der Waals surface area contributed by atoms with Gasteiger partial charge in [0.1, 0.15) is 0 Å². The molecule has 0 saturated heterocycles. The molecule has 0 aliphatic rings. The van der Waals surface area contributed by atoms with Crippen molar-refractivity contribution in [2.45, 2.75) is 32.2 Å². The summed E-state index contributed by atoms with van der Waals surface area (Å²) in [4.78, 5) is 10.5. The van der Waals surface area contributed by atoms with Crippen LogP contribution in [0.2, 0.25) is 5.02 Å². The zero-order chi connectivity index (χ0) is 14.8. The second-order valence-corrected chi connectivity index (χ2v) is 6.04. The van der Waals surface area contributed by atoms with E-state index < -0.39 is 0 Å². The van der Waals surface area contributed by atoms with Crippen molar-refractivity contribution in [3.05, 3.63) is 38.9 Å². The van der Waals surface area contributed by atoms with Gasteiger partial charge in [-0.1, -0.05) is 24.4 Å². The molecule has 0 bridgehead atoms. The molecule has 1 aromatic carbocycles. The fourth-order valence-electron chi connectivity index (χ4n) is 1.93. The van der Waals surface area contributed by atoms with E-state index in [-0.39, 0.29) is 10.6 Å². The van der Waals surface area contributed by atoms with Crippen LogP contribution in [0.3, 0.4) is 0 Å². The van der Waals surface area contributed by atoms with Gasteiger partial charge in [-0.05, 0) is 43.5 Å². The lowest BCUT2D eigenvalue weighted by molar-refractivity contribution is -0.385. The predicted molar refractivity (Wildman–Crippen MR) is 86.7 cm³/mol. The Hall–Kier alpha value is -0.780. The number of nitrogens with one attached hydrogen (secondary N) is 1. The van der Waals surface area contributed by atoms with Crippen molar-refractivity contribution in [2.75, 3.05) is 18.6 Å². The number of benzene rings is 1. The van der Waals surface area contributed by atoms with Crippen molar-refractivity contribution < 1.29 is 4.92 Å². The van der Waals surface area contributed by atoms with Crippen molar-refractivity contribution in [1.29, 1.82) is 0 Å². The SMILES string of the molecule is CSCCCCCCNCc1ccc(Cl)cc1[N+](=O)[O-]. The van der Waals surface area contributed by atoms with Crippen LogP contribution < -0.4 is 5.32 Å². The van der Waals surface area contributed by atoms with E-state index in [0.29, 0.717) is 17.1 Å². The minimum atomic E-state index is -0.384. The Balaban J connectivity index is 2.27. The molecule has 1 N–H and O–H groups in total. The molecule has 0 saturated carbocycles. The molecule has 6 heteroatoms. The van der Waals surface area contributed by atoms with E-state index in [0.717, 1.165) is 13.0 Å². The summed E-state index contributed by atoms with van der Waals surface area (Å²) in [6.07, 6.45) is 6.96. The first-order chi connectivity index (χ1) is 9.65. The Morgan fingerprint density at radius 3 is 2.75 bits per heavy atom. The van der Waals surface area contributed by atoms with Crippen molar-refractivity contribution in [3.63, 3.8) is 0 Å². The molecule has 0 atom stereocenters. The van der Waals surface area contributed by atoms with E-state index in [1.54, 1.807) is 12.1 Å². The lowest BCUT2D eigenvalue weighted by Crippen LogP contribution is -2.15. The monoisotopic (exact) mass is 316 g/mol. The predicted octanol–water partition coefficient (Wildman–Crippen LogP) is 4.26. The fourth-order valence-corrected chi connectivity index (χ4v) is 2.59. The van der Waals surface area contributed by atoms with Crippen LogP contribution in [0.4, 0.5) is 5.69 Å². The largest absolute Gasteiger partial charge is 0.312 e. The molecule has 4 nitrogen and oxygen atoms in total. The van der Waals surface area contributed by atoms with E-state index in [1.165, 1.54) is 31.1 Å². The Morgan fingerprint density at radius 1 is 1.30 bits per heavy atom. The van der Waals surface area contributed by atoms with Gasteiger partial charge in [-0.3, -0.25) is 10.1 Å². The number of hydrogen-bond donors (Lipinski definition) is 1. The summed E-state index contributed by atoms with van der Waals surface area (Å²) >= 11 is 7.66. The summed E-state index contributed by atoms with van der Waals surface area (Å²) in [6.45, 7) is 1.40. The van der Waals surface area contributed by atoms with Crippen LogP contribution >= 0.6 is 23.4 Å². The maximum Gasteiger partial charge on any atom is 0.275 e. The smallest absolute Gasteiger partial charge is 0.275 e. The Labute approximate surface area is 129 Å². The summed E-state index contributed by atoms with van der Waals surface area (Å²) in [5, 5.41) is 14.6. The number of unbranched alkanes of at least 4 members (excludes halogenated alkanes) is 3. The Morgan fingerprint density at radius 2 is 2.05 bits per heavy atom. The minimum absolute atomic E-state index is 0.0879. The van der Waals surface area contributed by atoms with E-state index in [9.17, 15) is 10.1 Å². The third-order valence-corrected chi connectivity index (χ3v) is 3.94. The highest BCUT2D eigenvalue weighted by Crippen LogP contribution is 2.22. The van der Waals surface area contributed by atoms with E-state index in [2.05, 4.69) is 11.6 Å². The van der Waals surface area contributed by atoms with Crippen molar-refractivity contribution in [3.8, 4) is 0 Å². The zero-order valence-corrected chi connectivity index (χ0v) is 13.3.